The van der Waals surface area contributed by atoms with E-state index in [1.165, 1.54) is 0 Å². The van der Waals surface area contributed by atoms with Crippen LogP contribution in [0.4, 0.5) is 5.69 Å². The fraction of sp³-hybridized carbons (Fsp3) is 0.231. The molecule has 2 aromatic rings. The van der Waals surface area contributed by atoms with Crippen molar-refractivity contribution in [2.75, 3.05) is 4.90 Å². The number of benzene rings is 1. The summed E-state index contributed by atoms with van der Waals surface area (Å²) in [5.41, 5.74) is 2.97. The lowest BCUT2D eigenvalue weighted by Crippen LogP contribution is -2.25. The van der Waals surface area contributed by atoms with E-state index in [4.69, 9.17) is 11.6 Å². The molecule has 1 aromatic heterocycles. The number of para-hydroxylation sites is 1. The van der Waals surface area contributed by atoms with Crippen LogP contribution in [0.15, 0.2) is 29.6 Å². The zero-order valence-corrected chi connectivity index (χ0v) is 11.2. The molecule has 5 heteroatoms. The minimum Gasteiger partial charge on any atom is -0.305 e. The third-order valence-corrected chi connectivity index (χ3v) is 4.11. The predicted molar refractivity (Wildman–Crippen MR) is 73.0 cm³/mol. The summed E-state index contributed by atoms with van der Waals surface area (Å²) in [5.74, 6) is 0.555. The van der Waals surface area contributed by atoms with E-state index in [1.807, 2.05) is 29.6 Å². The first-order valence-electron chi connectivity index (χ1n) is 5.65. The molecule has 1 amide bonds. The van der Waals surface area contributed by atoms with E-state index in [0.29, 0.717) is 18.8 Å². The van der Waals surface area contributed by atoms with Gasteiger partial charge in [0.1, 0.15) is 5.01 Å². The van der Waals surface area contributed by atoms with Crippen molar-refractivity contribution < 1.29 is 4.79 Å². The van der Waals surface area contributed by atoms with E-state index in [9.17, 15) is 4.79 Å². The van der Waals surface area contributed by atoms with Crippen molar-refractivity contribution in [1.29, 1.82) is 0 Å². The van der Waals surface area contributed by atoms with Gasteiger partial charge < -0.3 is 4.90 Å². The van der Waals surface area contributed by atoms with Crippen molar-refractivity contribution >= 4 is 34.5 Å². The second kappa shape index (κ2) is 4.71. The number of thiazole rings is 1. The van der Waals surface area contributed by atoms with Gasteiger partial charge in [0.05, 0.1) is 24.5 Å². The van der Waals surface area contributed by atoms with E-state index in [-0.39, 0.29) is 5.91 Å². The number of hydrogen-bond donors (Lipinski definition) is 0. The van der Waals surface area contributed by atoms with E-state index in [2.05, 4.69) is 4.98 Å². The summed E-state index contributed by atoms with van der Waals surface area (Å²) in [6.07, 6.45) is 0.490. The zero-order chi connectivity index (χ0) is 12.5. The van der Waals surface area contributed by atoms with Gasteiger partial charge in [-0.05, 0) is 11.6 Å². The zero-order valence-electron chi connectivity index (χ0n) is 9.60. The highest BCUT2D eigenvalue weighted by atomic mass is 35.5. The number of nitrogens with zero attached hydrogens (tertiary/aromatic N) is 2. The molecule has 0 saturated carbocycles. The van der Waals surface area contributed by atoms with Crippen molar-refractivity contribution in [3.05, 3.63) is 45.9 Å². The average Bonchev–Trinajstić information content (AvgIpc) is 2.96. The molecule has 0 N–H and O–H groups in total. The van der Waals surface area contributed by atoms with Gasteiger partial charge in [0.2, 0.25) is 5.91 Å². The highest BCUT2D eigenvalue weighted by Crippen LogP contribution is 2.30. The van der Waals surface area contributed by atoms with Crippen LogP contribution in [-0.4, -0.2) is 10.9 Å². The number of amides is 1. The van der Waals surface area contributed by atoms with Crippen molar-refractivity contribution in [3.63, 3.8) is 0 Å². The monoisotopic (exact) mass is 278 g/mol. The van der Waals surface area contributed by atoms with E-state index >= 15 is 0 Å². The quantitative estimate of drug-likeness (QED) is 0.809. The van der Waals surface area contributed by atoms with Gasteiger partial charge in [-0.3, -0.25) is 4.79 Å². The fourth-order valence-electron chi connectivity index (χ4n) is 2.11. The van der Waals surface area contributed by atoms with Gasteiger partial charge >= 0.3 is 0 Å². The molecule has 0 bridgehead atoms. The van der Waals surface area contributed by atoms with E-state index in [0.717, 1.165) is 22.0 Å². The Morgan fingerprint density at radius 2 is 2.22 bits per heavy atom. The van der Waals surface area contributed by atoms with Crippen LogP contribution >= 0.6 is 22.9 Å². The van der Waals surface area contributed by atoms with Crippen LogP contribution in [0.1, 0.15) is 16.3 Å². The Labute approximate surface area is 114 Å². The smallest absolute Gasteiger partial charge is 0.231 e. The number of fused-ring (bicyclic) bond motifs is 1. The summed E-state index contributed by atoms with van der Waals surface area (Å²) in [6.45, 7) is 0.539. The lowest BCUT2D eigenvalue weighted by atomic mass is 10.2. The number of rotatable bonds is 3. The molecule has 0 saturated heterocycles. The molecule has 0 spiro atoms. The molecule has 92 valence electrons. The number of hydrogen-bond acceptors (Lipinski definition) is 3. The summed E-state index contributed by atoms with van der Waals surface area (Å²) < 4.78 is 0. The Hall–Kier alpha value is -1.39. The predicted octanol–water partition coefficient (Wildman–Crippen LogP) is 2.97. The van der Waals surface area contributed by atoms with Crippen molar-refractivity contribution in [3.8, 4) is 0 Å². The van der Waals surface area contributed by atoms with Crippen molar-refractivity contribution in [1.82, 2.24) is 4.98 Å². The Morgan fingerprint density at radius 3 is 3.00 bits per heavy atom. The van der Waals surface area contributed by atoms with E-state index in [1.54, 1.807) is 16.2 Å². The molecule has 0 radical (unpaired) electrons. The number of alkyl halides is 1. The van der Waals surface area contributed by atoms with Crippen LogP contribution in [0.25, 0.3) is 0 Å². The summed E-state index contributed by atoms with van der Waals surface area (Å²) in [5, 5.41) is 2.87. The molecule has 0 fully saturated rings. The largest absolute Gasteiger partial charge is 0.305 e. The van der Waals surface area contributed by atoms with Gasteiger partial charge in [0.25, 0.3) is 0 Å². The summed E-state index contributed by atoms with van der Waals surface area (Å²) in [6, 6.07) is 7.90. The minimum atomic E-state index is 0.138. The normalized spacial score (nSPS) is 14.1. The maximum Gasteiger partial charge on any atom is 0.231 e. The van der Waals surface area contributed by atoms with Gasteiger partial charge in [0, 0.05) is 11.1 Å². The van der Waals surface area contributed by atoms with Gasteiger partial charge in [-0.25, -0.2) is 4.98 Å². The summed E-state index contributed by atoms with van der Waals surface area (Å²) in [4.78, 5) is 18.2. The topological polar surface area (TPSA) is 33.2 Å². The van der Waals surface area contributed by atoms with Gasteiger partial charge in [-0.2, -0.15) is 0 Å². The Kier molecular flexibility index (Phi) is 3.06. The van der Waals surface area contributed by atoms with Gasteiger partial charge in [0.15, 0.2) is 0 Å². The number of halogens is 1. The summed E-state index contributed by atoms with van der Waals surface area (Å²) in [7, 11) is 0. The third-order valence-electron chi connectivity index (χ3n) is 2.95. The molecule has 18 heavy (non-hydrogen) atoms. The number of aromatic nitrogens is 1. The molecule has 1 aliphatic heterocycles. The molecule has 3 nitrogen and oxygen atoms in total. The maximum absolute atomic E-state index is 12.0. The fourth-order valence-corrected chi connectivity index (χ4v) is 3.12. The molecule has 0 unspecified atom stereocenters. The SMILES string of the molecule is O=C1Cc2ccccc2N1Cc1nc(CCl)cs1. The van der Waals surface area contributed by atoms with E-state index < -0.39 is 0 Å². The Balaban J connectivity index is 1.86. The number of carbonyl (C=O) groups excluding carboxylic acids is 1. The molecule has 2 heterocycles. The molecule has 3 rings (SSSR count). The van der Waals surface area contributed by atoms with Crippen molar-refractivity contribution in [2.45, 2.75) is 18.8 Å². The van der Waals surface area contributed by atoms with Gasteiger partial charge in [-0.1, -0.05) is 18.2 Å². The standard InChI is InChI=1S/C13H11ClN2OS/c14-6-10-8-18-12(15-10)7-16-11-4-2-1-3-9(11)5-13(16)17/h1-4,8H,5-7H2. The Bertz CT molecular complexity index is 596. The number of carbonyl (C=O) groups is 1. The van der Waals surface area contributed by atoms with Crippen LogP contribution in [0.3, 0.4) is 0 Å². The lowest BCUT2D eigenvalue weighted by Gasteiger charge is -2.15. The minimum absolute atomic E-state index is 0.138. The Morgan fingerprint density at radius 1 is 1.39 bits per heavy atom. The van der Waals surface area contributed by atoms with Crippen LogP contribution < -0.4 is 4.90 Å². The first-order chi connectivity index (χ1) is 8.78. The summed E-state index contributed by atoms with van der Waals surface area (Å²) >= 11 is 7.28. The molecule has 0 aliphatic carbocycles. The highest BCUT2D eigenvalue weighted by Gasteiger charge is 2.27. The average molecular weight is 279 g/mol. The van der Waals surface area contributed by atoms with Crippen LogP contribution in [-0.2, 0) is 23.6 Å². The second-order valence-electron chi connectivity index (χ2n) is 4.15. The first-order valence-corrected chi connectivity index (χ1v) is 7.07. The molecule has 0 atom stereocenters. The molecular formula is C13H11ClN2OS. The van der Waals surface area contributed by atoms with Crippen LogP contribution in [0.2, 0.25) is 0 Å². The third kappa shape index (κ3) is 2.02. The van der Waals surface area contributed by atoms with Gasteiger partial charge in [-0.15, -0.1) is 22.9 Å². The molecule has 1 aromatic carbocycles. The molecular weight excluding hydrogens is 268 g/mol. The number of anilines is 1. The first kappa shape index (κ1) is 11.7. The van der Waals surface area contributed by atoms with Crippen LogP contribution in [0, 0.1) is 0 Å². The highest BCUT2D eigenvalue weighted by molar-refractivity contribution is 7.09. The van der Waals surface area contributed by atoms with Crippen molar-refractivity contribution in [2.24, 2.45) is 0 Å². The maximum atomic E-state index is 12.0. The second-order valence-corrected chi connectivity index (χ2v) is 5.36. The van der Waals surface area contributed by atoms with Crippen LogP contribution in [0.5, 0.6) is 0 Å². The lowest BCUT2D eigenvalue weighted by molar-refractivity contribution is -0.117. The molecule has 1 aliphatic rings.